The van der Waals surface area contributed by atoms with Crippen molar-refractivity contribution < 1.29 is 68.7 Å². The Morgan fingerprint density at radius 3 is 1.94 bits per heavy atom. The lowest BCUT2D eigenvalue weighted by molar-refractivity contribution is -0.432. The number of benzene rings is 4. The summed E-state index contributed by atoms with van der Waals surface area (Å²) < 4.78 is 105. The minimum absolute atomic E-state index is 0.0935. The Morgan fingerprint density at radius 2 is 1.35 bits per heavy atom. The van der Waals surface area contributed by atoms with Gasteiger partial charge in [-0.2, -0.15) is 30.4 Å². The predicted molar refractivity (Wildman–Crippen MR) is 160 cm³/mol. The van der Waals surface area contributed by atoms with Crippen LogP contribution in [0.2, 0.25) is 0 Å². The van der Waals surface area contributed by atoms with E-state index in [9.17, 15) is 59.2 Å². The van der Waals surface area contributed by atoms with E-state index in [-0.39, 0.29) is 28.0 Å². The largest absolute Gasteiger partial charge is 0.505 e. The summed E-state index contributed by atoms with van der Waals surface area (Å²) in [5.74, 6) is -2.25. The van der Waals surface area contributed by atoms with Crippen molar-refractivity contribution in [1.82, 2.24) is 0 Å². The first-order valence-electron chi connectivity index (χ1n) is 11.9. The quantitative estimate of drug-likeness (QED) is 0.0207. The summed E-state index contributed by atoms with van der Waals surface area (Å²) in [7, 11) is -15.4. The minimum atomic E-state index is -5.28. The second-order valence-corrected chi connectivity index (χ2v) is 13.8. The third kappa shape index (κ3) is 7.62. The average molecular weight is 749 g/mol. The lowest BCUT2D eigenvalue weighted by atomic mass is 10.1. The van der Waals surface area contributed by atoms with Crippen LogP contribution in [0.25, 0.3) is 10.8 Å². The first-order chi connectivity index (χ1) is 22.2. The van der Waals surface area contributed by atoms with Gasteiger partial charge in [0.2, 0.25) is 0 Å². The molecule has 0 radical (unpaired) electrons. The molecule has 0 aromatic heterocycles. The molecular weight excluding hydrogens is 733 g/mol. The number of azo groups is 2. The maximum absolute atomic E-state index is 12.3. The summed E-state index contributed by atoms with van der Waals surface area (Å²) in [5.41, 5.74) is 1.64. The molecule has 0 aliphatic carbocycles. The molecule has 0 amide bonds. The molecule has 48 heavy (non-hydrogen) atoms. The minimum Gasteiger partial charge on any atom is -0.505 e. The Hall–Kier alpha value is -4.90. The molecule has 0 aliphatic heterocycles. The monoisotopic (exact) mass is 748 g/mol. The highest BCUT2D eigenvalue weighted by atomic mass is 32.2. The van der Waals surface area contributed by atoms with Crippen LogP contribution in [0.5, 0.6) is 11.5 Å². The maximum Gasteiger partial charge on any atom is 0.301 e. The van der Waals surface area contributed by atoms with Crippen molar-refractivity contribution in [2.45, 2.75) is 19.6 Å². The Bertz CT molecular complexity index is 2380. The van der Waals surface area contributed by atoms with Gasteiger partial charge in [-0.3, -0.25) is 23.8 Å². The fourth-order valence-corrected chi connectivity index (χ4v) is 6.41. The topological polar surface area (TPSA) is 361 Å². The second-order valence-electron chi connectivity index (χ2n) is 8.93. The van der Waals surface area contributed by atoms with Gasteiger partial charge in [-0.15, -0.1) is 19.7 Å². The fraction of sp³-hybridized carbons (Fsp3) is 0. The van der Waals surface area contributed by atoms with Crippen molar-refractivity contribution in [3.63, 3.8) is 0 Å². The second kappa shape index (κ2) is 13.3. The summed E-state index contributed by atoms with van der Waals surface area (Å²) in [6.07, 6.45) is 0. The molecule has 0 spiro atoms. The van der Waals surface area contributed by atoms with E-state index in [1.165, 1.54) is 6.07 Å². The van der Waals surface area contributed by atoms with Gasteiger partial charge in [0.05, 0.1) is 32.9 Å². The maximum atomic E-state index is 12.3. The first-order valence-corrected chi connectivity index (χ1v) is 16.9. The highest BCUT2D eigenvalue weighted by Gasteiger charge is 2.28. The molecule has 0 aliphatic rings. The van der Waals surface area contributed by atoms with Crippen molar-refractivity contribution in [1.29, 1.82) is 0 Å². The van der Waals surface area contributed by atoms with E-state index in [1.54, 1.807) is 0 Å². The Labute approximate surface area is 271 Å². The van der Waals surface area contributed by atoms with Gasteiger partial charge >= 0.3 is 10.1 Å². The summed E-state index contributed by atoms with van der Waals surface area (Å²) >= 11 is 0.134. The van der Waals surface area contributed by atoms with Gasteiger partial charge in [-0.05, 0) is 47.9 Å². The molecule has 0 fully saturated rings. The number of rotatable bonds is 11. The number of hydrogen-bond acceptors (Lipinski definition) is 19. The molecule has 4 aromatic carbocycles. The summed E-state index contributed by atoms with van der Waals surface area (Å²) in [6, 6.07) is 6.63. The summed E-state index contributed by atoms with van der Waals surface area (Å²) in [5, 5.41) is 59.0. The Kier molecular flexibility index (Phi) is 9.97. The lowest BCUT2D eigenvalue weighted by Crippen LogP contribution is -2.02. The third-order valence-corrected chi connectivity index (χ3v) is 9.14. The van der Waals surface area contributed by atoms with E-state index >= 15 is 0 Å². The van der Waals surface area contributed by atoms with Crippen molar-refractivity contribution in [2.75, 3.05) is 5.73 Å². The lowest BCUT2D eigenvalue weighted by Gasteiger charge is -2.13. The number of nitro benzene ring substituents is 1. The fourth-order valence-electron chi connectivity index (χ4n) is 3.92. The first kappa shape index (κ1) is 35.9. The molecule has 8 N–H and O–H groups in total. The van der Waals surface area contributed by atoms with E-state index in [0.29, 0.717) is 18.2 Å². The molecule has 0 saturated carbocycles. The van der Waals surface area contributed by atoms with Crippen LogP contribution in [-0.2, 0) is 39.7 Å². The number of phenols is 2. The van der Waals surface area contributed by atoms with Crippen LogP contribution < -0.4 is 5.73 Å². The zero-order valence-electron chi connectivity index (χ0n) is 22.8. The number of hydrogen-bond donors (Lipinski definition) is 7. The van der Waals surface area contributed by atoms with E-state index in [0.717, 1.165) is 24.3 Å². The molecule has 0 bridgehead atoms. The number of aromatic hydroxyl groups is 2. The highest BCUT2D eigenvalue weighted by molar-refractivity contribution is 7.94. The number of anilines is 1. The van der Waals surface area contributed by atoms with Gasteiger partial charge < -0.3 is 15.9 Å². The third-order valence-electron chi connectivity index (χ3n) is 5.89. The summed E-state index contributed by atoms with van der Waals surface area (Å²) in [6.45, 7) is 0. The number of nitrogen functional groups attached to an aromatic ring is 1. The molecule has 4 aromatic rings. The van der Waals surface area contributed by atoms with E-state index < -0.39 is 95.3 Å². The number of nitro groups is 1. The molecular formula is C22H16N6O16S4. The number of fused-ring (bicyclic) bond motifs is 1. The van der Waals surface area contributed by atoms with Crippen molar-refractivity contribution in [2.24, 2.45) is 20.5 Å². The van der Waals surface area contributed by atoms with Crippen LogP contribution in [0.15, 0.2) is 88.6 Å². The smallest absolute Gasteiger partial charge is 0.301 e. The van der Waals surface area contributed by atoms with E-state index in [2.05, 4.69) is 29.8 Å². The number of nitrogens with zero attached hydrogens (tertiary/aromatic N) is 5. The normalized spacial score (nSPS) is 12.8. The van der Waals surface area contributed by atoms with Gasteiger partial charge in [0.1, 0.15) is 26.9 Å². The molecule has 0 atom stereocenters. The van der Waals surface area contributed by atoms with Crippen LogP contribution in [0.3, 0.4) is 0 Å². The van der Waals surface area contributed by atoms with Crippen LogP contribution >= 0.6 is 12.0 Å². The Morgan fingerprint density at radius 1 is 0.750 bits per heavy atom. The predicted octanol–water partition coefficient (Wildman–Crippen LogP) is 4.74. The molecule has 26 heteroatoms. The zero-order chi connectivity index (χ0) is 35.8. The molecule has 0 heterocycles. The van der Waals surface area contributed by atoms with Crippen molar-refractivity contribution in [3.8, 4) is 11.5 Å². The average Bonchev–Trinajstić information content (AvgIpc) is 2.97. The molecule has 22 nitrogen and oxygen atoms in total. The molecule has 254 valence electrons. The Balaban J connectivity index is 1.99. The van der Waals surface area contributed by atoms with E-state index in [4.69, 9.17) is 11.0 Å². The zero-order valence-corrected chi connectivity index (χ0v) is 26.1. The van der Waals surface area contributed by atoms with E-state index in [1.807, 2.05) is 0 Å². The summed E-state index contributed by atoms with van der Waals surface area (Å²) in [4.78, 5) is 6.53. The van der Waals surface area contributed by atoms with Gasteiger partial charge in [0.25, 0.3) is 25.9 Å². The van der Waals surface area contributed by atoms with Crippen molar-refractivity contribution >= 4 is 87.3 Å². The van der Waals surface area contributed by atoms with Crippen LogP contribution in [0.4, 0.5) is 34.1 Å². The van der Waals surface area contributed by atoms with Crippen LogP contribution in [0.1, 0.15) is 0 Å². The SMILES string of the molecule is Nc1ccc(N=Nc2c(SOOO)cc3cc(S(=O)(=O)O)c(N=Nc4ccc([N+](=O)[O-])c(S(=O)(=O)O)c4)c(O)c3c2O)c(S(=O)(=O)O)c1. The van der Waals surface area contributed by atoms with Gasteiger partial charge in [-0.1, -0.05) is 5.04 Å². The highest BCUT2D eigenvalue weighted by Crippen LogP contribution is 2.51. The van der Waals surface area contributed by atoms with Crippen LogP contribution in [-0.4, -0.2) is 59.3 Å². The standard InChI is InChI=1S/C22H16N6O16S4/c23-10-1-3-12(15(7-10)46(34,35)36)25-26-19-14(45-44-43-33)5-9-6-17(48(40,41)42)20(22(30)18(9)21(19)29)27-24-11-2-4-13(28(31)32)16(8-11)47(37,38)39/h1-8,29-30,33H,23H2,(H,34,35,36)(H,37,38,39)(H,40,41,42). The van der Waals surface area contributed by atoms with Gasteiger partial charge in [-0.25, -0.2) is 5.26 Å². The number of phenolic OH excluding ortho intramolecular Hbond substituents is 2. The molecule has 0 saturated heterocycles. The van der Waals surface area contributed by atoms with Crippen molar-refractivity contribution in [3.05, 3.63) is 58.6 Å². The van der Waals surface area contributed by atoms with Gasteiger partial charge in [0, 0.05) is 11.8 Å². The molecule has 0 unspecified atom stereocenters. The van der Waals surface area contributed by atoms with Gasteiger partial charge in [0.15, 0.2) is 16.4 Å². The molecule has 4 rings (SSSR count). The number of nitrogens with two attached hydrogens (primary N) is 1. The van der Waals surface area contributed by atoms with Crippen LogP contribution in [0, 0.1) is 10.1 Å².